The van der Waals surface area contributed by atoms with Gasteiger partial charge in [0.25, 0.3) is 15.9 Å². The number of aromatic nitrogens is 1. The lowest BCUT2D eigenvalue weighted by Gasteiger charge is -2.27. The van der Waals surface area contributed by atoms with Crippen molar-refractivity contribution in [3.05, 3.63) is 83.2 Å². The Morgan fingerprint density at radius 3 is 2.41 bits per heavy atom. The third-order valence-electron chi connectivity index (χ3n) is 5.66. The zero-order chi connectivity index (χ0) is 24.3. The summed E-state index contributed by atoms with van der Waals surface area (Å²) in [5, 5.41) is 0. The van der Waals surface area contributed by atoms with Gasteiger partial charge in [-0.1, -0.05) is 30.3 Å². The Labute approximate surface area is 197 Å². The Morgan fingerprint density at radius 1 is 1.06 bits per heavy atom. The van der Waals surface area contributed by atoms with Crippen LogP contribution in [-0.2, 0) is 39.2 Å². The summed E-state index contributed by atoms with van der Waals surface area (Å²) in [6.07, 6.45) is 0.436. The van der Waals surface area contributed by atoms with Crippen LogP contribution >= 0.6 is 0 Å². The van der Waals surface area contributed by atoms with E-state index in [0.29, 0.717) is 30.0 Å². The molecule has 4 rings (SSSR count). The highest BCUT2D eigenvalue weighted by Gasteiger charge is 2.33. The number of benzene rings is 2. The van der Waals surface area contributed by atoms with Crippen molar-refractivity contribution in [2.24, 2.45) is 0 Å². The number of hydroxylamine groups is 1. The monoisotopic (exact) mass is 483 g/mol. The average Bonchev–Trinajstić information content (AvgIpc) is 3.24. The van der Waals surface area contributed by atoms with E-state index in [0.717, 1.165) is 9.54 Å². The van der Waals surface area contributed by atoms with Gasteiger partial charge in [0.2, 0.25) is 5.91 Å². The Morgan fingerprint density at radius 2 is 1.76 bits per heavy atom. The van der Waals surface area contributed by atoms with Crippen LogP contribution in [0.5, 0.6) is 5.75 Å². The first-order valence-corrected chi connectivity index (χ1v) is 12.1. The second kappa shape index (κ2) is 9.70. The first-order chi connectivity index (χ1) is 16.3. The minimum Gasteiger partial charge on any atom is -0.497 e. The molecule has 0 bridgehead atoms. The summed E-state index contributed by atoms with van der Waals surface area (Å²) in [6.45, 7) is 2.08. The van der Waals surface area contributed by atoms with Crippen molar-refractivity contribution in [3.63, 3.8) is 0 Å². The highest BCUT2D eigenvalue weighted by molar-refractivity contribution is 7.90. The topological polar surface area (TPSA) is 107 Å². The predicted molar refractivity (Wildman–Crippen MR) is 124 cm³/mol. The molecule has 0 atom stereocenters. The number of carbonyl (C=O) groups is 2. The van der Waals surface area contributed by atoms with Gasteiger partial charge in [-0.25, -0.2) is 17.9 Å². The summed E-state index contributed by atoms with van der Waals surface area (Å²) in [7, 11) is -2.67. The predicted octanol–water partition coefficient (Wildman–Crippen LogP) is 2.50. The molecule has 3 aromatic rings. The summed E-state index contributed by atoms with van der Waals surface area (Å²) in [4.78, 5) is 31.9. The van der Waals surface area contributed by atoms with E-state index in [4.69, 9.17) is 9.57 Å². The molecule has 2 amide bonds. The Balaban J connectivity index is 1.70. The summed E-state index contributed by atoms with van der Waals surface area (Å²) < 4.78 is 33.5. The molecular formula is C24H25N3O6S. The lowest BCUT2D eigenvalue weighted by molar-refractivity contribution is -0.129. The molecule has 0 unspecified atom stereocenters. The number of amides is 2. The van der Waals surface area contributed by atoms with Gasteiger partial charge < -0.3 is 9.64 Å². The number of methoxy groups -OCH3 is 1. The zero-order valence-corrected chi connectivity index (χ0v) is 19.7. The number of nitrogens with zero attached hydrogens (tertiary/aromatic N) is 2. The largest absolute Gasteiger partial charge is 0.497 e. The van der Waals surface area contributed by atoms with Crippen LogP contribution in [0.1, 0.15) is 34.2 Å². The zero-order valence-electron chi connectivity index (χ0n) is 18.9. The van der Waals surface area contributed by atoms with Gasteiger partial charge in [-0.3, -0.25) is 14.4 Å². The van der Waals surface area contributed by atoms with Crippen LogP contribution in [0.3, 0.4) is 0 Å². The fourth-order valence-electron chi connectivity index (χ4n) is 3.85. The van der Waals surface area contributed by atoms with Crippen LogP contribution < -0.4 is 10.2 Å². The van der Waals surface area contributed by atoms with Gasteiger partial charge in [-0.05, 0) is 47.9 Å². The molecule has 2 heterocycles. The standard InChI is InChI=1S/C24H25N3O6S/c1-17(28)26-13-12-19-14-22(24(29)25-33-16-18-6-4-3-5-7-18)27(23(19)15-26)34(30,31)21-10-8-20(32-2)9-11-21/h3-11,14H,12-13,15-16H2,1-2H3,(H,25,29). The van der Waals surface area contributed by atoms with Crippen LogP contribution in [0.4, 0.5) is 0 Å². The number of hydrogen-bond donors (Lipinski definition) is 1. The normalized spacial score (nSPS) is 13.3. The van der Waals surface area contributed by atoms with Gasteiger partial charge in [0.05, 0.1) is 30.9 Å². The van der Waals surface area contributed by atoms with Crippen molar-refractivity contribution in [1.29, 1.82) is 0 Å². The van der Waals surface area contributed by atoms with Crippen molar-refractivity contribution in [2.45, 2.75) is 31.4 Å². The molecule has 0 saturated heterocycles. The van der Waals surface area contributed by atoms with Crippen molar-refractivity contribution in [2.75, 3.05) is 13.7 Å². The molecule has 1 aliphatic heterocycles. The molecule has 0 spiro atoms. The minimum atomic E-state index is -4.16. The Kier molecular flexibility index (Phi) is 6.71. The molecular weight excluding hydrogens is 458 g/mol. The van der Waals surface area contributed by atoms with Crippen molar-refractivity contribution >= 4 is 21.8 Å². The third-order valence-corrected chi connectivity index (χ3v) is 7.43. The SMILES string of the molecule is COc1ccc(S(=O)(=O)n2c(C(=O)NOCc3ccccc3)cc3c2CN(C(C)=O)CC3)cc1. The van der Waals surface area contributed by atoms with E-state index in [1.807, 2.05) is 30.3 Å². The van der Waals surface area contributed by atoms with Crippen LogP contribution in [0.15, 0.2) is 65.6 Å². The molecule has 1 aliphatic rings. The van der Waals surface area contributed by atoms with Gasteiger partial charge in [0.1, 0.15) is 11.4 Å². The van der Waals surface area contributed by atoms with E-state index in [1.165, 1.54) is 38.3 Å². The third kappa shape index (κ3) is 4.68. The number of ether oxygens (including phenoxy) is 1. The second-order valence-electron chi connectivity index (χ2n) is 7.84. The maximum Gasteiger partial charge on any atom is 0.292 e. The molecule has 0 saturated carbocycles. The first kappa shape index (κ1) is 23.5. The number of carbonyl (C=O) groups excluding carboxylic acids is 2. The molecule has 0 aliphatic carbocycles. The summed E-state index contributed by atoms with van der Waals surface area (Å²) in [5.41, 5.74) is 4.19. The Hall–Kier alpha value is -3.63. The molecule has 0 fully saturated rings. The van der Waals surface area contributed by atoms with E-state index in [2.05, 4.69) is 5.48 Å². The van der Waals surface area contributed by atoms with Crippen LogP contribution in [0.2, 0.25) is 0 Å². The maximum atomic E-state index is 13.7. The lowest BCUT2D eigenvalue weighted by Crippen LogP contribution is -2.36. The number of rotatable bonds is 7. The van der Waals surface area contributed by atoms with Gasteiger partial charge in [0, 0.05) is 13.5 Å². The van der Waals surface area contributed by atoms with Crippen LogP contribution in [0, 0.1) is 0 Å². The van der Waals surface area contributed by atoms with E-state index in [9.17, 15) is 18.0 Å². The van der Waals surface area contributed by atoms with Crippen molar-refractivity contribution < 1.29 is 27.6 Å². The van der Waals surface area contributed by atoms with E-state index >= 15 is 0 Å². The van der Waals surface area contributed by atoms with Crippen molar-refractivity contribution in [1.82, 2.24) is 14.4 Å². The molecule has 34 heavy (non-hydrogen) atoms. The first-order valence-electron chi connectivity index (χ1n) is 10.7. The van der Waals surface area contributed by atoms with Gasteiger partial charge in [0.15, 0.2) is 0 Å². The molecule has 9 nitrogen and oxygen atoms in total. The van der Waals surface area contributed by atoms with Crippen LogP contribution in [0.25, 0.3) is 0 Å². The van der Waals surface area contributed by atoms with Crippen molar-refractivity contribution in [3.8, 4) is 5.75 Å². The summed E-state index contributed by atoms with van der Waals surface area (Å²) in [6, 6.07) is 16.7. The molecule has 1 aromatic heterocycles. The fraction of sp³-hybridized carbons (Fsp3) is 0.250. The van der Waals surface area contributed by atoms with Gasteiger partial charge in [-0.15, -0.1) is 0 Å². The maximum absolute atomic E-state index is 13.7. The summed E-state index contributed by atoms with van der Waals surface area (Å²) >= 11 is 0. The average molecular weight is 484 g/mol. The van der Waals surface area contributed by atoms with Gasteiger partial charge in [-0.2, -0.15) is 0 Å². The van der Waals surface area contributed by atoms with E-state index < -0.39 is 15.9 Å². The molecule has 1 N–H and O–H groups in total. The quantitative estimate of drug-likeness (QED) is 0.518. The second-order valence-corrected chi connectivity index (χ2v) is 9.63. The van der Waals surface area contributed by atoms with Crippen LogP contribution in [-0.4, -0.2) is 42.8 Å². The molecule has 2 aromatic carbocycles. The minimum absolute atomic E-state index is 0.00842. The van der Waals surface area contributed by atoms with Gasteiger partial charge >= 0.3 is 0 Å². The highest BCUT2D eigenvalue weighted by Crippen LogP contribution is 2.29. The fourth-order valence-corrected chi connectivity index (χ4v) is 5.40. The molecule has 178 valence electrons. The van der Waals surface area contributed by atoms with E-state index in [1.54, 1.807) is 11.0 Å². The lowest BCUT2D eigenvalue weighted by atomic mass is 10.1. The van der Waals surface area contributed by atoms with E-state index in [-0.39, 0.29) is 29.6 Å². The molecule has 0 radical (unpaired) electrons. The highest BCUT2D eigenvalue weighted by atomic mass is 32.2. The number of hydrogen-bond acceptors (Lipinski definition) is 6. The summed E-state index contributed by atoms with van der Waals surface area (Å²) in [5.74, 6) is -0.363. The number of fused-ring (bicyclic) bond motifs is 1. The number of nitrogens with one attached hydrogen (secondary N) is 1. The Bertz CT molecular complexity index is 1300. The molecule has 10 heteroatoms. The smallest absolute Gasteiger partial charge is 0.292 e.